The number of benzene rings is 2. The number of phenolic OH excluding ortho intramolecular Hbond substituents is 1. The summed E-state index contributed by atoms with van der Waals surface area (Å²) in [6.07, 6.45) is -0.161. The predicted molar refractivity (Wildman–Crippen MR) is 182 cm³/mol. The number of halogens is 4. The number of carboxylic acids is 5. The Kier molecular flexibility index (Phi) is 16.9. The number of aromatic hydroxyl groups is 1. The Morgan fingerprint density at radius 3 is 1.39 bits per heavy atom. The van der Waals surface area contributed by atoms with Gasteiger partial charge in [-0.15, -0.1) is 0 Å². The second-order valence-corrected chi connectivity index (χ2v) is 14.4. The summed E-state index contributed by atoms with van der Waals surface area (Å²) in [6, 6.07) is 5.25. The maximum atomic E-state index is 12.5. The molecule has 0 aliphatic carbocycles. The van der Waals surface area contributed by atoms with E-state index in [-0.39, 0.29) is 38.3 Å². The number of hydrogen-bond acceptors (Lipinski definition) is 15. The van der Waals surface area contributed by atoms with Crippen LogP contribution in [0, 0.1) is 14.3 Å². The van der Waals surface area contributed by atoms with Crippen LogP contribution < -0.4 is 30.3 Å². The molecule has 2 aromatic rings. The lowest BCUT2D eigenvalue weighted by Crippen LogP contribution is -2.55. The van der Waals surface area contributed by atoms with Crippen LogP contribution in [0.15, 0.2) is 24.3 Å². The Hall–Kier alpha value is -1.81. The first-order valence-corrected chi connectivity index (χ1v) is 17.3. The molecule has 0 spiro atoms. The lowest BCUT2D eigenvalue weighted by molar-refractivity contribution is -0.314. The number of carboxylic acid groups (broad SMARTS) is 5. The van der Waals surface area contributed by atoms with Gasteiger partial charge in [0.2, 0.25) is 0 Å². The quantitative estimate of drug-likeness (QED) is 0.125. The standard InChI is InChI=1S/C27H29I4N3O12/c28-16-8-15(9-17(29)25(16)43)46-26-18(30)5-14(6-19(26)31)7-20(27(44)45)34(3-1-32(10-21(35)36)11-22(37)38)4-2-33(12-23(39)40)13-24(41)42/h5-6,8-9,20,43H,1-4,7,10-13H2,(H,35,36)(H,37,38)(H,39,40)(H,41,42)(H,44,45)/p-5/t20-/m0/s1. The highest BCUT2D eigenvalue weighted by atomic mass is 127. The van der Waals surface area contributed by atoms with Crippen molar-refractivity contribution in [2.24, 2.45) is 0 Å². The molecule has 0 saturated heterocycles. The molecule has 19 heteroatoms. The fraction of sp³-hybridized carbons (Fsp3) is 0.370. The molecule has 0 aromatic heterocycles. The van der Waals surface area contributed by atoms with E-state index in [4.69, 9.17) is 4.74 Å². The van der Waals surface area contributed by atoms with E-state index in [0.717, 1.165) is 9.80 Å². The minimum Gasteiger partial charge on any atom is -0.549 e. The summed E-state index contributed by atoms with van der Waals surface area (Å²) >= 11 is 7.98. The van der Waals surface area contributed by atoms with Gasteiger partial charge in [0.25, 0.3) is 0 Å². The number of rotatable bonds is 20. The van der Waals surface area contributed by atoms with Crippen molar-refractivity contribution >= 4 is 120 Å². The lowest BCUT2D eigenvalue weighted by atomic mass is 10.0. The maximum Gasteiger partial charge on any atom is 0.154 e. The molecular weight excluding hydrogens is 1070 g/mol. The van der Waals surface area contributed by atoms with Crippen molar-refractivity contribution in [3.8, 4) is 17.2 Å². The summed E-state index contributed by atoms with van der Waals surface area (Å²) in [5, 5.41) is 67.2. The Bertz CT molecular complexity index is 1340. The first-order valence-electron chi connectivity index (χ1n) is 13.0. The molecular formula is C27H24I4N3O12-5. The third-order valence-corrected chi connectivity index (χ3v) is 9.48. The van der Waals surface area contributed by atoms with E-state index in [2.05, 4.69) is 0 Å². The minimum atomic E-state index is -1.58. The van der Waals surface area contributed by atoms with Crippen molar-refractivity contribution in [1.82, 2.24) is 14.7 Å². The molecule has 0 aliphatic rings. The van der Waals surface area contributed by atoms with E-state index in [1.807, 2.05) is 90.4 Å². The van der Waals surface area contributed by atoms with Crippen LogP contribution in [0.5, 0.6) is 17.2 Å². The van der Waals surface area contributed by atoms with E-state index in [1.165, 1.54) is 4.90 Å². The van der Waals surface area contributed by atoms with Crippen molar-refractivity contribution < 1.29 is 59.3 Å². The molecule has 2 rings (SSSR count). The highest BCUT2D eigenvalue weighted by Crippen LogP contribution is 2.37. The van der Waals surface area contributed by atoms with Crippen LogP contribution in [0.4, 0.5) is 0 Å². The van der Waals surface area contributed by atoms with Crippen molar-refractivity contribution in [3.63, 3.8) is 0 Å². The summed E-state index contributed by atoms with van der Waals surface area (Å²) < 4.78 is 8.46. The molecule has 0 fully saturated rings. The lowest BCUT2D eigenvalue weighted by Gasteiger charge is -2.36. The van der Waals surface area contributed by atoms with Crippen LogP contribution in [0.25, 0.3) is 0 Å². The molecule has 46 heavy (non-hydrogen) atoms. The predicted octanol–water partition coefficient (Wildman–Crippen LogP) is -3.83. The van der Waals surface area contributed by atoms with E-state index in [1.54, 1.807) is 24.3 Å². The summed E-state index contributed by atoms with van der Waals surface area (Å²) in [6.45, 7) is -4.22. The zero-order chi connectivity index (χ0) is 34.7. The van der Waals surface area contributed by atoms with Gasteiger partial charge in [-0.05, 0) is 127 Å². The molecule has 0 aliphatic heterocycles. The Morgan fingerprint density at radius 2 is 1.04 bits per heavy atom. The molecule has 0 bridgehead atoms. The van der Waals surface area contributed by atoms with Gasteiger partial charge in [-0.3, -0.25) is 14.7 Å². The highest BCUT2D eigenvalue weighted by molar-refractivity contribution is 14.1. The Labute approximate surface area is 317 Å². The molecule has 252 valence electrons. The Balaban J connectivity index is 2.40. The number of phenols is 1. The molecule has 0 amide bonds. The van der Waals surface area contributed by atoms with Gasteiger partial charge >= 0.3 is 0 Å². The average molecular weight is 1090 g/mol. The van der Waals surface area contributed by atoms with E-state index in [0.29, 0.717) is 31.3 Å². The monoisotopic (exact) mass is 1090 g/mol. The number of ether oxygens (including phenoxy) is 1. The van der Waals surface area contributed by atoms with Gasteiger partial charge in [0.1, 0.15) is 11.5 Å². The first kappa shape index (κ1) is 40.4. The zero-order valence-electron chi connectivity index (χ0n) is 23.5. The smallest absolute Gasteiger partial charge is 0.154 e. The fourth-order valence-electron chi connectivity index (χ4n) is 4.25. The number of nitrogens with zero attached hydrogens (tertiary/aromatic N) is 3. The van der Waals surface area contributed by atoms with Crippen molar-refractivity contribution in [2.75, 3.05) is 52.4 Å². The summed E-state index contributed by atoms with van der Waals surface area (Å²) in [5.41, 5.74) is 0.526. The van der Waals surface area contributed by atoms with Gasteiger partial charge in [-0.1, -0.05) is 0 Å². The minimum absolute atomic E-state index is 0.121. The molecule has 0 saturated carbocycles. The fourth-order valence-corrected chi connectivity index (χ4v) is 8.08. The first-order chi connectivity index (χ1) is 21.5. The SMILES string of the molecule is O=C([O-])CN(CCN(CCN(CC(=O)[O-])CC(=O)[O-])[C@@H](Cc1cc(I)c(Oc2cc(I)c(O)c(I)c2)c(I)c1)C(=O)[O-])CC(=O)[O-]. The second kappa shape index (κ2) is 19.3. The van der Waals surface area contributed by atoms with E-state index >= 15 is 0 Å². The van der Waals surface area contributed by atoms with Crippen LogP contribution in [0.3, 0.4) is 0 Å². The molecule has 2 aromatic carbocycles. The average Bonchev–Trinajstić information content (AvgIpc) is 2.91. The van der Waals surface area contributed by atoms with Crippen molar-refractivity contribution in [1.29, 1.82) is 0 Å². The van der Waals surface area contributed by atoms with Gasteiger partial charge in [-0.25, -0.2) is 0 Å². The number of aliphatic carboxylic acids is 5. The van der Waals surface area contributed by atoms with Gasteiger partial charge in [-0.2, -0.15) is 0 Å². The van der Waals surface area contributed by atoms with Crippen molar-refractivity contribution in [2.45, 2.75) is 12.5 Å². The summed E-state index contributed by atoms with van der Waals surface area (Å²) in [4.78, 5) is 60.3. The van der Waals surface area contributed by atoms with E-state index in [9.17, 15) is 54.6 Å². The normalized spacial score (nSPS) is 12.0. The molecule has 0 radical (unpaired) electrons. The van der Waals surface area contributed by atoms with E-state index < -0.39 is 62.1 Å². The molecule has 1 N–H and O–H groups in total. The van der Waals surface area contributed by atoms with Crippen LogP contribution in [0.1, 0.15) is 5.56 Å². The maximum absolute atomic E-state index is 12.5. The van der Waals surface area contributed by atoms with Crippen molar-refractivity contribution in [3.05, 3.63) is 44.1 Å². The van der Waals surface area contributed by atoms with Crippen LogP contribution in [-0.4, -0.2) is 108 Å². The third-order valence-electron chi connectivity index (χ3n) is 6.23. The summed E-state index contributed by atoms with van der Waals surface area (Å²) in [7, 11) is 0. The largest absolute Gasteiger partial charge is 0.549 e. The third kappa shape index (κ3) is 13.7. The van der Waals surface area contributed by atoms with Gasteiger partial charge < -0.3 is 59.3 Å². The Morgan fingerprint density at radius 1 is 0.652 bits per heavy atom. The van der Waals surface area contributed by atoms with Crippen LogP contribution in [-0.2, 0) is 30.4 Å². The zero-order valence-corrected chi connectivity index (χ0v) is 32.2. The highest BCUT2D eigenvalue weighted by Gasteiger charge is 2.24. The second-order valence-electron chi connectivity index (χ2n) is 9.71. The van der Waals surface area contributed by atoms with Gasteiger partial charge in [0.15, 0.2) is 5.75 Å². The van der Waals surface area contributed by atoms with Gasteiger partial charge in [0.05, 0.1) is 50.2 Å². The number of carbonyl (C=O) groups excluding carboxylic acids is 5. The molecule has 0 unspecified atom stereocenters. The van der Waals surface area contributed by atoms with Crippen LogP contribution >= 0.6 is 90.4 Å². The van der Waals surface area contributed by atoms with Crippen LogP contribution in [0.2, 0.25) is 0 Å². The van der Waals surface area contributed by atoms with Gasteiger partial charge in [0, 0.05) is 52.4 Å². The molecule has 1 atom stereocenters. The molecule has 15 nitrogen and oxygen atoms in total. The number of carbonyl (C=O) groups is 5. The topological polar surface area (TPSA) is 240 Å². The summed E-state index contributed by atoms with van der Waals surface area (Å²) in [5.74, 6) is -6.81. The molecule has 0 heterocycles. The number of hydrogen-bond donors (Lipinski definition) is 1.